The number of anilines is 3. The van der Waals surface area contributed by atoms with E-state index >= 15 is 0 Å². The van der Waals surface area contributed by atoms with E-state index in [1.807, 2.05) is 0 Å². The molecule has 8 heteroatoms. The summed E-state index contributed by atoms with van der Waals surface area (Å²) in [6, 6.07) is 7.42. The zero-order valence-corrected chi connectivity index (χ0v) is 13.6. The van der Waals surface area contributed by atoms with E-state index in [1.54, 1.807) is 22.8 Å². The third-order valence-corrected chi connectivity index (χ3v) is 4.89. The number of benzene rings is 2. The average molecular weight is 355 g/mol. The second-order valence-electron chi connectivity index (χ2n) is 6.62. The fraction of sp³-hybridized carbons (Fsp3) is 0.167. The molecule has 5 N–H and O–H groups in total. The number of nitrogens with one attached hydrogen (secondary N) is 3. The molecule has 3 aromatic rings. The lowest BCUT2D eigenvalue weighted by atomic mass is 10.0. The number of hydrogen-bond acceptors (Lipinski definition) is 5. The van der Waals surface area contributed by atoms with Gasteiger partial charge in [-0.05, 0) is 30.5 Å². The first kappa shape index (κ1) is 15.2. The number of rotatable bonds is 2. The van der Waals surface area contributed by atoms with Crippen molar-refractivity contribution in [3.05, 3.63) is 52.3 Å². The Kier molecular flexibility index (Phi) is 3.02. The smallest absolute Gasteiger partial charge is 0.278 e. The minimum atomic E-state index is -0.676. The Morgan fingerprint density at radius 3 is 2.58 bits per heavy atom. The fourth-order valence-electron chi connectivity index (χ4n) is 3.46. The van der Waals surface area contributed by atoms with Gasteiger partial charge in [-0.1, -0.05) is 12.1 Å². The van der Waals surface area contributed by atoms with E-state index in [0.717, 1.165) is 30.4 Å². The number of nitrogen functional groups attached to an aromatic ring is 1. The van der Waals surface area contributed by atoms with Crippen LogP contribution in [0.15, 0.2) is 35.1 Å². The van der Waals surface area contributed by atoms with E-state index in [9.17, 15) is 13.6 Å². The molecule has 0 atom stereocenters. The summed E-state index contributed by atoms with van der Waals surface area (Å²) in [5, 5.41) is 0.823. The third-order valence-electron chi connectivity index (χ3n) is 4.89. The van der Waals surface area contributed by atoms with Crippen LogP contribution in [-0.2, 0) is 0 Å². The zero-order valence-electron chi connectivity index (χ0n) is 13.6. The van der Waals surface area contributed by atoms with Crippen LogP contribution in [0.1, 0.15) is 18.9 Å². The lowest BCUT2D eigenvalue weighted by Gasteiger charge is -2.14. The molecular formula is C18H15F2N5O. The van der Waals surface area contributed by atoms with Crippen LogP contribution >= 0.6 is 0 Å². The Hall–Kier alpha value is -3.13. The largest absolute Gasteiger partial charge is 0.396 e. The highest BCUT2D eigenvalue weighted by Gasteiger charge is 2.30. The summed E-state index contributed by atoms with van der Waals surface area (Å²) in [7, 11) is 0. The average Bonchev–Trinajstić information content (AvgIpc) is 3.32. The van der Waals surface area contributed by atoms with Crippen LogP contribution in [0, 0.1) is 11.6 Å². The summed E-state index contributed by atoms with van der Waals surface area (Å²) in [5.41, 5.74) is 15.9. The Morgan fingerprint density at radius 1 is 1.04 bits per heavy atom. The molecule has 2 heterocycles. The van der Waals surface area contributed by atoms with Gasteiger partial charge >= 0.3 is 0 Å². The molecule has 0 spiro atoms. The number of nitrogens with zero attached hydrogens (tertiary/aromatic N) is 1. The molecule has 6 nitrogen and oxygen atoms in total. The summed E-state index contributed by atoms with van der Waals surface area (Å²) in [6.07, 6.45) is 1.84. The second kappa shape index (κ2) is 5.18. The normalized spacial score (nSPS) is 15.6. The van der Waals surface area contributed by atoms with Crippen molar-refractivity contribution in [3.8, 4) is 11.1 Å². The van der Waals surface area contributed by atoms with Crippen molar-refractivity contribution in [1.29, 1.82) is 0 Å². The van der Waals surface area contributed by atoms with Crippen LogP contribution in [0.4, 0.5) is 25.8 Å². The number of pyridine rings is 1. The monoisotopic (exact) mass is 355 g/mol. The molecule has 26 heavy (non-hydrogen) atoms. The highest BCUT2D eigenvalue weighted by atomic mass is 19.1. The van der Waals surface area contributed by atoms with Crippen molar-refractivity contribution in [2.24, 2.45) is 0 Å². The van der Waals surface area contributed by atoms with Crippen LogP contribution in [0.2, 0.25) is 0 Å². The predicted octanol–water partition coefficient (Wildman–Crippen LogP) is 3.12. The van der Waals surface area contributed by atoms with Crippen LogP contribution in [0.25, 0.3) is 22.0 Å². The van der Waals surface area contributed by atoms with Gasteiger partial charge in [0.1, 0.15) is 17.3 Å². The lowest BCUT2D eigenvalue weighted by Crippen LogP contribution is -2.24. The molecule has 132 valence electrons. The third kappa shape index (κ3) is 2.08. The predicted molar refractivity (Wildman–Crippen MR) is 96.6 cm³/mol. The highest BCUT2D eigenvalue weighted by molar-refractivity contribution is 6.00. The summed E-state index contributed by atoms with van der Waals surface area (Å²) < 4.78 is 29.9. The maximum absolute atomic E-state index is 14.3. The molecule has 1 aliphatic heterocycles. The maximum Gasteiger partial charge on any atom is 0.278 e. The van der Waals surface area contributed by atoms with E-state index in [0.29, 0.717) is 22.5 Å². The van der Waals surface area contributed by atoms with Crippen LogP contribution in [0.3, 0.4) is 0 Å². The van der Waals surface area contributed by atoms with E-state index in [1.165, 1.54) is 0 Å². The number of aromatic nitrogens is 1. The molecule has 2 aliphatic rings. The second-order valence-corrected chi connectivity index (χ2v) is 6.62. The fourth-order valence-corrected chi connectivity index (χ4v) is 3.46. The standard InChI is InChI=1S/C18H15F2N5O/c19-12-7-14(21)13(20)6-11(12)8-1-4-10-15(5-8)25(9-2-3-9)18(26)17-16(10)22-24-23-17/h1,4-7,9,22-24H,2-3,21H2. The van der Waals surface area contributed by atoms with Crippen LogP contribution in [-0.4, -0.2) is 4.57 Å². The molecule has 0 saturated heterocycles. The van der Waals surface area contributed by atoms with E-state index in [4.69, 9.17) is 5.73 Å². The van der Waals surface area contributed by atoms with Gasteiger partial charge in [-0.3, -0.25) is 10.2 Å². The Morgan fingerprint density at radius 2 is 1.81 bits per heavy atom. The highest BCUT2D eigenvalue weighted by Crippen LogP contribution is 2.40. The minimum Gasteiger partial charge on any atom is -0.396 e. The van der Waals surface area contributed by atoms with Gasteiger partial charge in [0, 0.05) is 23.1 Å². The molecule has 1 fully saturated rings. The number of halogens is 2. The Balaban J connectivity index is 1.81. The lowest BCUT2D eigenvalue weighted by molar-refractivity contribution is 0.607. The first-order valence-corrected chi connectivity index (χ1v) is 8.29. The minimum absolute atomic E-state index is 0.109. The van der Waals surface area contributed by atoms with Gasteiger partial charge in [0.2, 0.25) is 0 Å². The van der Waals surface area contributed by atoms with Gasteiger partial charge in [-0.25, -0.2) is 8.78 Å². The molecule has 0 radical (unpaired) electrons. The molecule has 1 aromatic heterocycles. The molecule has 0 unspecified atom stereocenters. The maximum atomic E-state index is 14.3. The Labute approximate surface area is 146 Å². The summed E-state index contributed by atoms with van der Waals surface area (Å²) in [4.78, 5) is 12.8. The zero-order chi connectivity index (χ0) is 18.0. The van der Waals surface area contributed by atoms with Gasteiger partial charge in [0.15, 0.2) is 0 Å². The summed E-state index contributed by atoms with van der Waals surface area (Å²) >= 11 is 0. The van der Waals surface area contributed by atoms with E-state index in [-0.39, 0.29) is 22.9 Å². The molecule has 0 amide bonds. The van der Waals surface area contributed by atoms with Crippen molar-refractivity contribution in [2.45, 2.75) is 18.9 Å². The summed E-state index contributed by atoms with van der Waals surface area (Å²) in [6.45, 7) is 0. The first-order valence-electron chi connectivity index (χ1n) is 8.29. The molecule has 1 saturated carbocycles. The molecule has 1 aliphatic carbocycles. The topological polar surface area (TPSA) is 84.1 Å². The van der Waals surface area contributed by atoms with E-state index in [2.05, 4.69) is 16.4 Å². The Bertz CT molecular complexity index is 1140. The number of nitrogens with two attached hydrogens (primary N) is 1. The molecule has 5 rings (SSSR count). The molecular weight excluding hydrogens is 340 g/mol. The van der Waals surface area contributed by atoms with Crippen molar-refractivity contribution in [1.82, 2.24) is 10.1 Å². The van der Waals surface area contributed by atoms with Crippen molar-refractivity contribution >= 4 is 28.0 Å². The van der Waals surface area contributed by atoms with Gasteiger partial charge < -0.3 is 15.7 Å². The first-order chi connectivity index (χ1) is 12.5. The quantitative estimate of drug-likeness (QED) is 0.531. The van der Waals surface area contributed by atoms with Gasteiger partial charge in [0.05, 0.1) is 16.9 Å². The van der Waals surface area contributed by atoms with Crippen LogP contribution in [0.5, 0.6) is 0 Å². The van der Waals surface area contributed by atoms with Crippen molar-refractivity contribution in [2.75, 3.05) is 16.6 Å². The van der Waals surface area contributed by atoms with Gasteiger partial charge in [-0.2, -0.15) is 0 Å². The SMILES string of the molecule is Nc1cc(F)c(-c2ccc3c4c(c(=O)n(C5CC5)c3c2)NNN4)cc1F. The van der Waals surface area contributed by atoms with Gasteiger partial charge in [0.25, 0.3) is 5.56 Å². The number of hydrogen-bond donors (Lipinski definition) is 4. The number of hydrazine groups is 2. The van der Waals surface area contributed by atoms with E-state index < -0.39 is 11.6 Å². The van der Waals surface area contributed by atoms with Crippen LogP contribution < -0.4 is 27.7 Å². The summed E-state index contributed by atoms with van der Waals surface area (Å²) in [5.74, 6) is -1.28. The van der Waals surface area contributed by atoms with Gasteiger partial charge in [-0.15, -0.1) is 5.53 Å². The van der Waals surface area contributed by atoms with Crippen molar-refractivity contribution in [3.63, 3.8) is 0 Å². The molecule has 0 bridgehead atoms. The molecule has 2 aromatic carbocycles. The van der Waals surface area contributed by atoms with Crippen molar-refractivity contribution < 1.29 is 8.78 Å². The number of fused-ring (bicyclic) bond motifs is 3.